The van der Waals surface area contributed by atoms with Crippen molar-refractivity contribution in [2.45, 2.75) is 13.0 Å². The third kappa shape index (κ3) is 3.14. The molecule has 3 nitrogen and oxygen atoms in total. The van der Waals surface area contributed by atoms with Crippen molar-refractivity contribution in [3.63, 3.8) is 0 Å². The van der Waals surface area contributed by atoms with Crippen molar-refractivity contribution in [1.82, 2.24) is 0 Å². The molecule has 1 aliphatic heterocycles. The number of nitrogens with zero attached hydrogens (tertiary/aromatic N) is 1. The van der Waals surface area contributed by atoms with E-state index < -0.39 is 0 Å². The second-order valence-corrected chi connectivity index (χ2v) is 5.85. The molecule has 106 valence electrons. The fourth-order valence-corrected chi connectivity index (χ4v) is 3.20. The van der Waals surface area contributed by atoms with Crippen LogP contribution in [0, 0.1) is 0 Å². The molecule has 0 spiro atoms. The molecule has 1 aliphatic rings. The summed E-state index contributed by atoms with van der Waals surface area (Å²) in [6.45, 7) is 5.82. The molecule has 1 aromatic carbocycles. The highest BCUT2D eigenvalue weighted by molar-refractivity contribution is 7.07. The zero-order valence-corrected chi connectivity index (χ0v) is 12.5. The number of thiophene rings is 1. The van der Waals surface area contributed by atoms with E-state index >= 15 is 0 Å². The smallest absolute Gasteiger partial charge is 0.0642 e. The van der Waals surface area contributed by atoms with Crippen LogP contribution in [-0.4, -0.2) is 26.3 Å². The van der Waals surface area contributed by atoms with Gasteiger partial charge in [0.2, 0.25) is 0 Å². The Hall–Kier alpha value is -1.52. The normalized spacial score (nSPS) is 16.9. The molecule has 0 bridgehead atoms. The number of ether oxygens (including phenoxy) is 1. The number of hydrogen-bond donors (Lipinski definition) is 1. The molecular weight excluding hydrogens is 268 g/mol. The Morgan fingerprint density at radius 3 is 2.55 bits per heavy atom. The van der Waals surface area contributed by atoms with Gasteiger partial charge in [-0.15, -0.1) is 0 Å². The Bertz CT molecular complexity index is 518. The van der Waals surface area contributed by atoms with Crippen LogP contribution in [0.4, 0.5) is 11.4 Å². The average molecular weight is 288 g/mol. The van der Waals surface area contributed by atoms with E-state index in [1.54, 1.807) is 11.3 Å². The highest BCUT2D eigenvalue weighted by Gasteiger charge is 2.11. The van der Waals surface area contributed by atoms with E-state index in [-0.39, 0.29) is 0 Å². The third-order valence-corrected chi connectivity index (χ3v) is 4.37. The molecule has 0 saturated carbocycles. The van der Waals surface area contributed by atoms with Gasteiger partial charge in [-0.25, -0.2) is 0 Å². The molecule has 1 N–H and O–H groups in total. The summed E-state index contributed by atoms with van der Waals surface area (Å²) in [5, 5.41) is 7.85. The quantitative estimate of drug-likeness (QED) is 0.927. The van der Waals surface area contributed by atoms with Gasteiger partial charge in [-0.1, -0.05) is 0 Å². The molecule has 2 aromatic rings. The molecule has 4 heteroatoms. The van der Waals surface area contributed by atoms with Crippen LogP contribution in [0.25, 0.3) is 0 Å². The van der Waals surface area contributed by atoms with Crippen molar-refractivity contribution in [2.75, 3.05) is 36.5 Å². The summed E-state index contributed by atoms with van der Waals surface area (Å²) in [6, 6.07) is 11.2. The standard InChI is InChI=1S/C16H20N2OS/c1-13(14-6-11-20-12-14)17-15-2-4-16(5-3-15)18-7-9-19-10-8-18/h2-6,11-13,17H,7-10H2,1H3. The molecule has 1 unspecified atom stereocenters. The molecule has 1 fully saturated rings. The van der Waals surface area contributed by atoms with Crippen LogP contribution in [-0.2, 0) is 4.74 Å². The second-order valence-electron chi connectivity index (χ2n) is 5.07. The van der Waals surface area contributed by atoms with Crippen molar-refractivity contribution >= 4 is 22.7 Å². The lowest BCUT2D eigenvalue weighted by Crippen LogP contribution is -2.36. The lowest BCUT2D eigenvalue weighted by Gasteiger charge is -2.29. The lowest BCUT2D eigenvalue weighted by molar-refractivity contribution is 0.122. The van der Waals surface area contributed by atoms with Gasteiger partial charge in [-0.05, 0) is 53.6 Å². The van der Waals surface area contributed by atoms with Crippen LogP contribution >= 0.6 is 11.3 Å². The number of morpholine rings is 1. The van der Waals surface area contributed by atoms with E-state index in [9.17, 15) is 0 Å². The van der Waals surface area contributed by atoms with Crippen LogP contribution < -0.4 is 10.2 Å². The monoisotopic (exact) mass is 288 g/mol. The maximum atomic E-state index is 5.39. The number of nitrogens with one attached hydrogen (secondary N) is 1. The zero-order chi connectivity index (χ0) is 13.8. The van der Waals surface area contributed by atoms with E-state index in [4.69, 9.17) is 4.74 Å². The molecule has 3 rings (SSSR count). The molecule has 1 atom stereocenters. The summed E-state index contributed by atoms with van der Waals surface area (Å²) in [4.78, 5) is 2.37. The van der Waals surface area contributed by atoms with Crippen molar-refractivity contribution in [1.29, 1.82) is 0 Å². The molecule has 2 heterocycles. The maximum Gasteiger partial charge on any atom is 0.0642 e. The molecule has 0 radical (unpaired) electrons. The Kier molecular flexibility index (Phi) is 4.23. The van der Waals surface area contributed by atoms with Gasteiger partial charge in [-0.3, -0.25) is 0 Å². The van der Waals surface area contributed by atoms with E-state index in [1.807, 2.05) is 0 Å². The van der Waals surface area contributed by atoms with Gasteiger partial charge in [0.05, 0.1) is 13.2 Å². The van der Waals surface area contributed by atoms with Gasteiger partial charge in [0, 0.05) is 30.5 Å². The van der Waals surface area contributed by atoms with Crippen molar-refractivity contribution in [2.24, 2.45) is 0 Å². The maximum absolute atomic E-state index is 5.39. The van der Waals surface area contributed by atoms with Gasteiger partial charge in [-0.2, -0.15) is 11.3 Å². The molecule has 20 heavy (non-hydrogen) atoms. The first-order chi connectivity index (χ1) is 9.83. The molecule has 0 amide bonds. The molecule has 1 aromatic heterocycles. The highest BCUT2D eigenvalue weighted by Crippen LogP contribution is 2.23. The summed E-state index contributed by atoms with van der Waals surface area (Å²) >= 11 is 1.74. The SMILES string of the molecule is CC(Nc1ccc(N2CCOCC2)cc1)c1ccsc1. The first-order valence-electron chi connectivity index (χ1n) is 7.04. The van der Waals surface area contributed by atoms with Gasteiger partial charge in [0.25, 0.3) is 0 Å². The summed E-state index contributed by atoms with van der Waals surface area (Å²) in [5.41, 5.74) is 3.79. The summed E-state index contributed by atoms with van der Waals surface area (Å²) in [5.74, 6) is 0. The Morgan fingerprint density at radius 2 is 1.90 bits per heavy atom. The number of anilines is 2. The van der Waals surface area contributed by atoms with Crippen LogP contribution in [0.3, 0.4) is 0 Å². The fraction of sp³-hybridized carbons (Fsp3) is 0.375. The van der Waals surface area contributed by atoms with Crippen LogP contribution in [0.1, 0.15) is 18.5 Å². The summed E-state index contributed by atoms with van der Waals surface area (Å²) < 4.78 is 5.39. The fourth-order valence-electron chi connectivity index (χ4n) is 2.44. The van der Waals surface area contributed by atoms with Crippen molar-refractivity contribution < 1.29 is 4.74 Å². The minimum absolute atomic E-state index is 0.343. The Labute approximate surface area is 124 Å². The molecule has 1 saturated heterocycles. The first kappa shape index (κ1) is 13.5. The topological polar surface area (TPSA) is 24.5 Å². The van der Waals surface area contributed by atoms with Crippen LogP contribution in [0.2, 0.25) is 0 Å². The largest absolute Gasteiger partial charge is 0.378 e. The third-order valence-electron chi connectivity index (χ3n) is 3.67. The number of benzene rings is 1. The number of hydrogen-bond acceptors (Lipinski definition) is 4. The first-order valence-corrected chi connectivity index (χ1v) is 7.98. The lowest BCUT2D eigenvalue weighted by atomic mass is 10.1. The van der Waals surface area contributed by atoms with E-state index in [1.165, 1.54) is 16.9 Å². The van der Waals surface area contributed by atoms with E-state index in [2.05, 4.69) is 58.2 Å². The predicted octanol–water partition coefficient (Wildman–Crippen LogP) is 3.76. The van der Waals surface area contributed by atoms with Crippen LogP contribution in [0.15, 0.2) is 41.1 Å². The van der Waals surface area contributed by atoms with Crippen LogP contribution in [0.5, 0.6) is 0 Å². The van der Waals surface area contributed by atoms with Gasteiger partial charge >= 0.3 is 0 Å². The molecular formula is C16H20N2OS. The summed E-state index contributed by atoms with van der Waals surface area (Å²) in [6.07, 6.45) is 0. The van der Waals surface area contributed by atoms with Crippen molar-refractivity contribution in [3.05, 3.63) is 46.7 Å². The second kappa shape index (κ2) is 6.29. The van der Waals surface area contributed by atoms with Gasteiger partial charge < -0.3 is 15.0 Å². The Balaban J connectivity index is 1.63. The average Bonchev–Trinajstić information content (AvgIpc) is 3.03. The highest BCUT2D eigenvalue weighted by atomic mass is 32.1. The van der Waals surface area contributed by atoms with E-state index in [0.29, 0.717) is 6.04 Å². The van der Waals surface area contributed by atoms with Gasteiger partial charge in [0.15, 0.2) is 0 Å². The van der Waals surface area contributed by atoms with Crippen molar-refractivity contribution in [3.8, 4) is 0 Å². The Morgan fingerprint density at radius 1 is 1.15 bits per heavy atom. The minimum Gasteiger partial charge on any atom is -0.378 e. The van der Waals surface area contributed by atoms with E-state index in [0.717, 1.165) is 26.3 Å². The zero-order valence-electron chi connectivity index (χ0n) is 11.7. The minimum atomic E-state index is 0.343. The molecule has 0 aliphatic carbocycles. The number of rotatable bonds is 4. The predicted molar refractivity (Wildman–Crippen MR) is 85.8 cm³/mol. The van der Waals surface area contributed by atoms with Gasteiger partial charge in [0.1, 0.15) is 0 Å². The summed E-state index contributed by atoms with van der Waals surface area (Å²) in [7, 11) is 0.